The summed E-state index contributed by atoms with van der Waals surface area (Å²) in [4.78, 5) is 11.6. The number of carbonyl (C=O) groups excluding carboxylic acids is 1. The van der Waals surface area contributed by atoms with Crippen LogP contribution in [0, 0.1) is 11.2 Å². The van der Waals surface area contributed by atoms with Crippen LogP contribution < -0.4 is 5.73 Å². The van der Waals surface area contributed by atoms with Gasteiger partial charge in [0, 0.05) is 11.6 Å². The Kier molecular flexibility index (Phi) is 4.19. The molecule has 0 amide bonds. The van der Waals surface area contributed by atoms with Gasteiger partial charge in [-0.3, -0.25) is 4.79 Å². The molecule has 0 spiro atoms. The van der Waals surface area contributed by atoms with Crippen LogP contribution in [-0.2, 0) is 9.53 Å². The fraction of sp³-hybridized carbons (Fsp3) is 0.417. The predicted molar refractivity (Wildman–Crippen MR) is 65.8 cm³/mol. The maximum absolute atomic E-state index is 13.1. The molecule has 0 aliphatic carbocycles. The molecule has 0 radical (unpaired) electrons. The topological polar surface area (TPSA) is 72.5 Å². The molecule has 4 nitrogen and oxygen atoms in total. The number of hydrogen-bond acceptors (Lipinski definition) is 4. The smallest absolute Gasteiger partial charge is 0.313 e. The SMILES string of the molecule is COC(=O)C(C)(C)[C@@H](N)c1ccc(F)c(Cl)c1O. The van der Waals surface area contributed by atoms with Crippen molar-refractivity contribution in [3.05, 3.63) is 28.5 Å². The van der Waals surface area contributed by atoms with E-state index in [9.17, 15) is 14.3 Å². The molecule has 0 saturated heterocycles. The van der Waals surface area contributed by atoms with Crippen LogP contribution in [0.1, 0.15) is 25.5 Å². The van der Waals surface area contributed by atoms with Crippen molar-refractivity contribution in [1.82, 2.24) is 0 Å². The molecule has 0 heterocycles. The Balaban J connectivity index is 3.23. The first-order chi connectivity index (χ1) is 8.23. The highest BCUT2D eigenvalue weighted by Gasteiger charge is 2.38. The molecular weight excluding hydrogens is 261 g/mol. The Bertz CT molecular complexity index is 477. The van der Waals surface area contributed by atoms with Crippen molar-refractivity contribution in [3.63, 3.8) is 0 Å². The number of aromatic hydroxyl groups is 1. The highest BCUT2D eigenvalue weighted by Crippen LogP contribution is 2.40. The molecule has 3 N–H and O–H groups in total. The minimum Gasteiger partial charge on any atom is -0.506 e. The third-order valence-electron chi connectivity index (χ3n) is 2.92. The lowest BCUT2D eigenvalue weighted by Gasteiger charge is -2.29. The van der Waals surface area contributed by atoms with Gasteiger partial charge in [-0.25, -0.2) is 4.39 Å². The summed E-state index contributed by atoms with van der Waals surface area (Å²) in [5.41, 5.74) is 5.04. The summed E-state index contributed by atoms with van der Waals surface area (Å²) in [6, 6.07) is 1.51. The number of esters is 1. The maximum atomic E-state index is 13.1. The maximum Gasteiger partial charge on any atom is 0.313 e. The second-order valence-electron chi connectivity index (χ2n) is 4.49. The molecule has 0 aliphatic rings. The molecule has 0 aromatic heterocycles. The van der Waals surface area contributed by atoms with Gasteiger partial charge in [0.15, 0.2) is 0 Å². The van der Waals surface area contributed by atoms with E-state index < -0.39 is 34.0 Å². The van der Waals surface area contributed by atoms with E-state index in [1.54, 1.807) is 13.8 Å². The van der Waals surface area contributed by atoms with Crippen molar-refractivity contribution in [3.8, 4) is 5.75 Å². The lowest BCUT2D eigenvalue weighted by Crippen LogP contribution is -2.37. The molecule has 1 aromatic carbocycles. The average Bonchev–Trinajstić information content (AvgIpc) is 2.34. The zero-order valence-corrected chi connectivity index (χ0v) is 11.1. The number of benzene rings is 1. The van der Waals surface area contributed by atoms with Gasteiger partial charge in [-0.05, 0) is 19.9 Å². The van der Waals surface area contributed by atoms with Crippen LogP contribution in [0.4, 0.5) is 4.39 Å². The van der Waals surface area contributed by atoms with Crippen LogP contribution in [0.15, 0.2) is 12.1 Å². The Hall–Kier alpha value is -1.33. The summed E-state index contributed by atoms with van der Waals surface area (Å²) >= 11 is 5.59. The second-order valence-corrected chi connectivity index (χ2v) is 4.87. The minimum atomic E-state index is -1.08. The molecule has 6 heteroatoms. The van der Waals surface area contributed by atoms with Gasteiger partial charge < -0.3 is 15.6 Å². The van der Waals surface area contributed by atoms with Gasteiger partial charge >= 0.3 is 5.97 Å². The monoisotopic (exact) mass is 275 g/mol. The van der Waals surface area contributed by atoms with E-state index in [1.807, 2.05) is 0 Å². The van der Waals surface area contributed by atoms with Crippen LogP contribution in [0.2, 0.25) is 5.02 Å². The van der Waals surface area contributed by atoms with E-state index in [0.717, 1.165) is 6.07 Å². The molecule has 100 valence electrons. The molecule has 0 aliphatic heterocycles. The molecule has 1 aromatic rings. The van der Waals surface area contributed by atoms with Crippen molar-refractivity contribution in [2.75, 3.05) is 7.11 Å². The Morgan fingerprint density at radius 2 is 2.11 bits per heavy atom. The average molecular weight is 276 g/mol. The normalized spacial score (nSPS) is 13.2. The fourth-order valence-corrected chi connectivity index (χ4v) is 1.76. The van der Waals surface area contributed by atoms with Crippen LogP contribution in [-0.4, -0.2) is 18.2 Å². The van der Waals surface area contributed by atoms with Crippen molar-refractivity contribution in [1.29, 1.82) is 0 Å². The van der Waals surface area contributed by atoms with Gasteiger partial charge in [-0.15, -0.1) is 0 Å². The lowest BCUT2D eigenvalue weighted by atomic mass is 9.80. The standard InChI is InChI=1S/C12H15ClFNO3/c1-12(2,11(17)18-3)10(15)6-4-5-7(14)8(13)9(6)16/h4-5,10,16H,15H2,1-3H3/t10-/m0/s1. The largest absolute Gasteiger partial charge is 0.506 e. The first-order valence-electron chi connectivity index (χ1n) is 5.24. The van der Waals surface area contributed by atoms with Gasteiger partial charge in [0.05, 0.1) is 12.5 Å². The number of methoxy groups -OCH3 is 1. The van der Waals surface area contributed by atoms with E-state index in [0.29, 0.717) is 0 Å². The third kappa shape index (κ3) is 2.42. The second kappa shape index (κ2) is 5.12. The molecule has 1 atom stereocenters. The summed E-state index contributed by atoms with van der Waals surface area (Å²) in [7, 11) is 1.24. The number of ether oxygens (including phenoxy) is 1. The molecule has 0 saturated carbocycles. The van der Waals surface area contributed by atoms with Crippen molar-refractivity contribution in [2.24, 2.45) is 11.1 Å². The van der Waals surface area contributed by atoms with Crippen LogP contribution >= 0.6 is 11.6 Å². The Labute approximate surface area is 109 Å². The molecule has 1 rings (SSSR count). The third-order valence-corrected chi connectivity index (χ3v) is 3.28. The first kappa shape index (κ1) is 14.7. The highest BCUT2D eigenvalue weighted by atomic mass is 35.5. The number of rotatable bonds is 3. The van der Waals surface area contributed by atoms with Crippen molar-refractivity contribution < 1.29 is 19.0 Å². The van der Waals surface area contributed by atoms with E-state index in [1.165, 1.54) is 13.2 Å². The van der Waals surface area contributed by atoms with Crippen molar-refractivity contribution >= 4 is 17.6 Å². The summed E-state index contributed by atoms with van der Waals surface area (Å²) in [6.45, 7) is 3.14. The highest BCUT2D eigenvalue weighted by molar-refractivity contribution is 6.32. The Morgan fingerprint density at radius 1 is 1.56 bits per heavy atom. The molecule has 0 unspecified atom stereocenters. The summed E-state index contributed by atoms with van der Waals surface area (Å²) in [6.07, 6.45) is 0. The number of halogens is 2. The van der Waals surface area contributed by atoms with Gasteiger partial charge in [0.2, 0.25) is 0 Å². The fourth-order valence-electron chi connectivity index (χ4n) is 1.58. The van der Waals surface area contributed by atoms with Gasteiger partial charge in [0.25, 0.3) is 0 Å². The number of nitrogens with two attached hydrogens (primary N) is 1. The van der Waals surface area contributed by atoms with E-state index in [4.69, 9.17) is 17.3 Å². The Morgan fingerprint density at radius 3 is 2.61 bits per heavy atom. The van der Waals surface area contributed by atoms with E-state index >= 15 is 0 Å². The van der Waals surface area contributed by atoms with Gasteiger partial charge in [-0.1, -0.05) is 17.7 Å². The molecule has 0 fully saturated rings. The quantitative estimate of drug-likeness (QED) is 0.831. The number of hydrogen-bond donors (Lipinski definition) is 2. The van der Waals surface area contributed by atoms with Crippen LogP contribution in [0.5, 0.6) is 5.75 Å². The van der Waals surface area contributed by atoms with Crippen molar-refractivity contribution in [2.45, 2.75) is 19.9 Å². The lowest BCUT2D eigenvalue weighted by molar-refractivity contribution is -0.152. The predicted octanol–water partition coefficient (Wildman–Crippen LogP) is 2.38. The summed E-state index contributed by atoms with van der Waals surface area (Å²) < 4.78 is 17.8. The zero-order valence-electron chi connectivity index (χ0n) is 10.3. The molecule has 18 heavy (non-hydrogen) atoms. The van der Waals surface area contributed by atoms with Gasteiger partial charge in [-0.2, -0.15) is 0 Å². The minimum absolute atomic E-state index is 0.191. The summed E-state index contributed by atoms with van der Waals surface area (Å²) in [5, 5.41) is 9.35. The number of phenolic OH excluding ortho intramolecular Hbond substituents is 1. The number of carbonyl (C=O) groups is 1. The first-order valence-corrected chi connectivity index (χ1v) is 5.62. The molecular formula is C12H15ClFNO3. The number of phenols is 1. The summed E-state index contributed by atoms with van der Waals surface area (Å²) in [5.74, 6) is -1.74. The van der Waals surface area contributed by atoms with Crippen LogP contribution in [0.25, 0.3) is 0 Å². The van der Waals surface area contributed by atoms with E-state index in [-0.39, 0.29) is 5.56 Å². The molecule has 0 bridgehead atoms. The van der Waals surface area contributed by atoms with E-state index in [2.05, 4.69) is 4.74 Å². The van der Waals surface area contributed by atoms with Gasteiger partial charge in [0.1, 0.15) is 16.6 Å². The van der Waals surface area contributed by atoms with Crippen LogP contribution in [0.3, 0.4) is 0 Å². The zero-order chi connectivity index (χ0) is 14.1.